The van der Waals surface area contributed by atoms with Crippen molar-refractivity contribution in [3.05, 3.63) is 18.5 Å². The number of anilines is 1. The van der Waals surface area contributed by atoms with Gasteiger partial charge in [0.05, 0.1) is 19.1 Å². The molecule has 0 saturated carbocycles. The number of hydrogen-bond acceptors (Lipinski definition) is 6. The van der Waals surface area contributed by atoms with Gasteiger partial charge >= 0.3 is 0 Å². The van der Waals surface area contributed by atoms with Crippen molar-refractivity contribution in [2.75, 3.05) is 52.3 Å². The lowest BCUT2D eigenvalue weighted by atomic mass is 9.95. The summed E-state index contributed by atoms with van der Waals surface area (Å²) in [7, 11) is 4.82. The third kappa shape index (κ3) is 4.16. The molecular formula is C15H23N5O3. The van der Waals surface area contributed by atoms with Gasteiger partial charge < -0.3 is 19.9 Å². The molecule has 8 nitrogen and oxygen atoms in total. The highest BCUT2D eigenvalue weighted by Gasteiger charge is 2.40. The van der Waals surface area contributed by atoms with Crippen molar-refractivity contribution in [3.63, 3.8) is 0 Å². The molecule has 1 aliphatic heterocycles. The second-order valence-corrected chi connectivity index (χ2v) is 5.64. The Bertz CT molecular complexity index is 539. The Morgan fingerprint density at radius 1 is 1.39 bits per heavy atom. The molecule has 126 valence electrons. The molecule has 2 amide bonds. The number of aromatic nitrogens is 2. The van der Waals surface area contributed by atoms with Crippen LogP contribution in [-0.4, -0.2) is 74.1 Å². The van der Waals surface area contributed by atoms with Crippen LogP contribution in [0.3, 0.4) is 0 Å². The second kappa shape index (κ2) is 7.87. The van der Waals surface area contributed by atoms with Crippen molar-refractivity contribution in [2.24, 2.45) is 11.8 Å². The molecule has 1 aliphatic rings. The number of likely N-dealkylation sites (N-methyl/N-ethyl adjacent to an activating group) is 2. The molecule has 1 N–H and O–H groups in total. The summed E-state index contributed by atoms with van der Waals surface area (Å²) in [5.74, 6) is 0.161. The van der Waals surface area contributed by atoms with Crippen molar-refractivity contribution in [1.29, 1.82) is 0 Å². The SMILES string of the molecule is CNC(=O)CN(C)C(=O)[C@@H]1CN(c2ncccn2)C[C@H]1COC. The van der Waals surface area contributed by atoms with Gasteiger partial charge in [-0.15, -0.1) is 0 Å². The molecule has 2 rings (SSSR count). The average Bonchev–Trinajstić information content (AvgIpc) is 2.99. The van der Waals surface area contributed by atoms with Crippen LogP contribution in [0.4, 0.5) is 5.95 Å². The van der Waals surface area contributed by atoms with Crippen LogP contribution in [0.2, 0.25) is 0 Å². The standard InChI is InChI=1S/C15H23N5O3/c1-16-13(21)9-19(2)14(22)12-8-20(7-11(12)10-23-3)15-17-5-4-6-18-15/h4-6,11-12H,7-10H2,1-3H3,(H,16,21)/t11-,12+/m0/s1. The van der Waals surface area contributed by atoms with Crippen LogP contribution in [0, 0.1) is 11.8 Å². The molecule has 1 saturated heterocycles. The molecule has 0 radical (unpaired) electrons. The van der Waals surface area contributed by atoms with Gasteiger partial charge in [-0.1, -0.05) is 0 Å². The van der Waals surface area contributed by atoms with Gasteiger partial charge in [0, 0.05) is 52.6 Å². The maximum atomic E-state index is 12.7. The lowest BCUT2D eigenvalue weighted by Crippen LogP contribution is -2.42. The van der Waals surface area contributed by atoms with Gasteiger partial charge in [0.25, 0.3) is 0 Å². The normalized spacial score (nSPS) is 20.4. The Hall–Kier alpha value is -2.22. The Balaban J connectivity index is 2.09. The van der Waals surface area contributed by atoms with E-state index in [1.54, 1.807) is 39.7 Å². The lowest BCUT2D eigenvalue weighted by molar-refractivity contribution is -0.138. The molecule has 1 aromatic heterocycles. The van der Waals surface area contributed by atoms with Crippen LogP contribution in [0.25, 0.3) is 0 Å². The van der Waals surface area contributed by atoms with Crippen molar-refractivity contribution >= 4 is 17.8 Å². The molecule has 2 heterocycles. The van der Waals surface area contributed by atoms with Gasteiger partial charge in [0.15, 0.2) is 0 Å². The predicted molar refractivity (Wildman–Crippen MR) is 84.8 cm³/mol. The Labute approximate surface area is 135 Å². The van der Waals surface area contributed by atoms with E-state index in [1.807, 2.05) is 4.90 Å². The molecule has 2 atom stereocenters. The Morgan fingerprint density at radius 3 is 2.70 bits per heavy atom. The highest BCUT2D eigenvalue weighted by molar-refractivity contribution is 5.86. The first-order valence-corrected chi connectivity index (χ1v) is 7.53. The zero-order valence-electron chi connectivity index (χ0n) is 13.7. The third-order valence-corrected chi connectivity index (χ3v) is 4.01. The van der Waals surface area contributed by atoms with Crippen molar-refractivity contribution in [2.45, 2.75) is 0 Å². The highest BCUT2D eigenvalue weighted by atomic mass is 16.5. The number of carbonyl (C=O) groups excluding carboxylic acids is 2. The molecule has 0 spiro atoms. The van der Waals surface area contributed by atoms with Gasteiger partial charge in [-0.3, -0.25) is 9.59 Å². The van der Waals surface area contributed by atoms with Crippen LogP contribution < -0.4 is 10.2 Å². The molecular weight excluding hydrogens is 298 g/mol. The van der Waals surface area contributed by atoms with Crippen LogP contribution >= 0.6 is 0 Å². The van der Waals surface area contributed by atoms with Crippen molar-refractivity contribution < 1.29 is 14.3 Å². The molecule has 23 heavy (non-hydrogen) atoms. The summed E-state index contributed by atoms with van der Waals surface area (Å²) in [6, 6.07) is 1.76. The van der Waals surface area contributed by atoms with Crippen molar-refractivity contribution in [1.82, 2.24) is 20.2 Å². The number of methoxy groups -OCH3 is 1. The number of carbonyl (C=O) groups is 2. The monoisotopic (exact) mass is 321 g/mol. The quantitative estimate of drug-likeness (QED) is 0.751. The van der Waals surface area contributed by atoms with E-state index in [4.69, 9.17) is 4.74 Å². The van der Waals surface area contributed by atoms with Crippen molar-refractivity contribution in [3.8, 4) is 0 Å². The number of ether oxygens (including phenoxy) is 1. The molecule has 1 aromatic rings. The maximum absolute atomic E-state index is 12.7. The first-order chi connectivity index (χ1) is 11.1. The van der Waals surface area contributed by atoms with E-state index in [0.29, 0.717) is 25.6 Å². The van der Waals surface area contributed by atoms with E-state index in [1.165, 1.54) is 4.90 Å². The molecule has 0 bridgehead atoms. The van der Waals surface area contributed by atoms with Gasteiger partial charge in [-0.2, -0.15) is 0 Å². The number of nitrogens with zero attached hydrogens (tertiary/aromatic N) is 4. The molecule has 0 unspecified atom stereocenters. The minimum atomic E-state index is -0.242. The first-order valence-electron chi connectivity index (χ1n) is 7.53. The van der Waals surface area contributed by atoms with E-state index in [2.05, 4.69) is 15.3 Å². The van der Waals surface area contributed by atoms with E-state index in [0.717, 1.165) is 0 Å². The minimum absolute atomic E-state index is 0.0449. The summed E-state index contributed by atoms with van der Waals surface area (Å²) < 4.78 is 5.25. The van der Waals surface area contributed by atoms with Gasteiger partial charge in [0.1, 0.15) is 0 Å². The van der Waals surface area contributed by atoms with Gasteiger partial charge in [-0.25, -0.2) is 9.97 Å². The zero-order chi connectivity index (χ0) is 16.8. The van der Waals surface area contributed by atoms with Crippen LogP contribution in [0.15, 0.2) is 18.5 Å². The van der Waals surface area contributed by atoms with Crippen LogP contribution in [0.5, 0.6) is 0 Å². The predicted octanol–water partition coefficient (Wildman–Crippen LogP) is -0.620. The molecule has 8 heteroatoms. The highest BCUT2D eigenvalue weighted by Crippen LogP contribution is 2.27. The smallest absolute Gasteiger partial charge is 0.239 e. The van der Waals surface area contributed by atoms with E-state index >= 15 is 0 Å². The number of rotatable bonds is 6. The fraction of sp³-hybridized carbons (Fsp3) is 0.600. The summed E-state index contributed by atoms with van der Waals surface area (Å²) in [6.45, 7) is 1.71. The third-order valence-electron chi connectivity index (χ3n) is 4.01. The average molecular weight is 321 g/mol. The number of nitrogens with one attached hydrogen (secondary N) is 1. The fourth-order valence-corrected chi connectivity index (χ4v) is 2.81. The summed E-state index contributed by atoms with van der Waals surface area (Å²) >= 11 is 0. The molecule has 0 aliphatic carbocycles. The summed E-state index contributed by atoms with van der Waals surface area (Å²) in [6.07, 6.45) is 3.36. The minimum Gasteiger partial charge on any atom is -0.384 e. The first kappa shape index (κ1) is 17.1. The van der Waals surface area contributed by atoms with Gasteiger partial charge in [-0.05, 0) is 6.07 Å². The zero-order valence-corrected chi connectivity index (χ0v) is 13.7. The fourth-order valence-electron chi connectivity index (χ4n) is 2.81. The van der Waals surface area contributed by atoms with Gasteiger partial charge in [0.2, 0.25) is 17.8 Å². The summed E-state index contributed by atoms with van der Waals surface area (Å²) in [4.78, 5) is 36.1. The number of hydrogen-bond donors (Lipinski definition) is 1. The van der Waals surface area contributed by atoms with E-state index in [-0.39, 0.29) is 30.2 Å². The molecule has 1 fully saturated rings. The van der Waals surface area contributed by atoms with Crippen LogP contribution in [0.1, 0.15) is 0 Å². The topological polar surface area (TPSA) is 87.7 Å². The van der Waals surface area contributed by atoms with E-state index < -0.39 is 0 Å². The van der Waals surface area contributed by atoms with Crippen LogP contribution in [-0.2, 0) is 14.3 Å². The second-order valence-electron chi connectivity index (χ2n) is 5.64. The number of amides is 2. The van der Waals surface area contributed by atoms with E-state index in [9.17, 15) is 9.59 Å². The largest absolute Gasteiger partial charge is 0.384 e. The summed E-state index contributed by atoms with van der Waals surface area (Å²) in [5.41, 5.74) is 0. The Morgan fingerprint density at radius 2 is 2.09 bits per heavy atom. The lowest BCUT2D eigenvalue weighted by Gasteiger charge is -2.23. The maximum Gasteiger partial charge on any atom is 0.239 e. The summed E-state index contributed by atoms with van der Waals surface area (Å²) in [5, 5.41) is 2.52. The Kier molecular flexibility index (Phi) is 5.86. The molecule has 0 aromatic carbocycles.